The summed E-state index contributed by atoms with van der Waals surface area (Å²) in [5.74, 6) is 0. The molecule has 3 aromatic rings. The van der Waals surface area contributed by atoms with Gasteiger partial charge in [-0.05, 0) is 36.3 Å². The third-order valence-electron chi connectivity index (χ3n) is 5.49. The second-order valence-corrected chi connectivity index (χ2v) is 7.05. The van der Waals surface area contributed by atoms with E-state index in [9.17, 15) is 0 Å². The van der Waals surface area contributed by atoms with E-state index >= 15 is 0 Å². The fourth-order valence-corrected chi connectivity index (χ4v) is 4.12. The van der Waals surface area contributed by atoms with Crippen LogP contribution in [0.3, 0.4) is 0 Å². The van der Waals surface area contributed by atoms with Crippen molar-refractivity contribution in [2.24, 2.45) is 0 Å². The first-order valence-corrected chi connectivity index (χ1v) is 10.0. The van der Waals surface area contributed by atoms with Crippen molar-refractivity contribution in [3.63, 3.8) is 0 Å². The van der Waals surface area contributed by atoms with Crippen molar-refractivity contribution in [1.82, 2.24) is 9.13 Å². The predicted molar refractivity (Wildman–Crippen MR) is 142 cm³/mol. The first-order chi connectivity index (χ1) is 15.0. The molecule has 0 aliphatic rings. The van der Waals surface area contributed by atoms with E-state index in [-0.39, 0.29) is 0 Å². The van der Waals surface area contributed by atoms with Crippen molar-refractivity contribution in [2.75, 3.05) is 0 Å². The Balaban J connectivity index is 2.37. The van der Waals surface area contributed by atoms with Crippen LogP contribution in [0.15, 0.2) is 69.8 Å². The van der Waals surface area contributed by atoms with Crippen LogP contribution in [0, 0.1) is 0 Å². The van der Waals surface area contributed by atoms with Crippen LogP contribution in [0.5, 0.6) is 0 Å². The van der Waals surface area contributed by atoms with Crippen molar-refractivity contribution in [3.05, 3.63) is 108 Å². The van der Waals surface area contributed by atoms with Crippen LogP contribution in [0.25, 0.3) is 59.8 Å². The summed E-state index contributed by atoms with van der Waals surface area (Å²) in [5, 5.41) is 2.96. The van der Waals surface area contributed by atoms with Crippen molar-refractivity contribution >= 4 is 59.8 Å². The summed E-state index contributed by atoms with van der Waals surface area (Å²) in [4.78, 5) is 0. The van der Waals surface area contributed by atoms with Crippen molar-refractivity contribution < 1.29 is 0 Å². The predicted octanol–water partition coefficient (Wildman–Crippen LogP) is 6.40. The second kappa shape index (κ2) is 8.76. The van der Waals surface area contributed by atoms with E-state index in [0.717, 1.165) is 55.1 Å². The first-order valence-electron chi connectivity index (χ1n) is 10.0. The largest absolute Gasteiger partial charge is 0.317 e. The van der Waals surface area contributed by atoms with Gasteiger partial charge in [0.1, 0.15) is 0 Å². The number of rotatable bonds is 8. The molecule has 2 nitrogen and oxygen atoms in total. The topological polar surface area (TPSA) is 9.86 Å². The summed E-state index contributed by atoms with van der Waals surface area (Å²) in [6.45, 7) is 30.5. The number of nitrogens with zero attached hydrogens (tertiary/aromatic N) is 2. The Morgan fingerprint density at radius 3 is 2.16 bits per heavy atom. The molecule has 1 aromatic carbocycles. The van der Waals surface area contributed by atoms with E-state index in [1.54, 1.807) is 18.5 Å². The molecule has 0 saturated heterocycles. The Morgan fingerprint density at radius 1 is 0.935 bits per heavy atom. The highest BCUT2D eigenvalue weighted by Gasteiger charge is 2.20. The van der Waals surface area contributed by atoms with Crippen LogP contribution in [-0.2, 0) is 0 Å². The van der Waals surface area contributed by atoms with Gasteiger partial charge in [0.05, 0.1) is 16.9 Å². The van der Waals surface area contributed by atoms with Crippen LogP contribution < -0.4 is 10.6 Å². The molecule has 2 aromatic heterocycles. The summed E-state index contributed by atoms with van der Waals surface area (Å²) in [6, 6.07) is 6.28. The molecule has 0 unspecified atom stereocenters. The van der Waals surface area contributed by atoms with Gasteiger partial charge in [-0.2, -0.15) is 0 Å². The molecular weight excluding hydrogens is 376 g/mol. The van der Waals surface area contributed by atoms with Gasteiger partial charge in [-0.1, -0.05) is 82.5 Å². The van der Waals surface area contributed by atoms with E-state index in [1.165, 1.54) is 0 Å². The quantitative estimate of drug-likeness (QED) is 0.411. The molecule has 0 bridgehead atoms. The van der Waals surface area contributed by atoms with Gasteiger partial charge in [-0.3, -0.25) is 0 Å². The lowest BCUT2D eigenvalue weighted by Gasteiger charge is -2.12. The maximum atomic E-state index is 4.45. The van der Waals surface area contributed by atoms with E-state index in [2.05, 4.69) is 64.3 Å². The Labute approximate surface area is 184 Å². The number of fused-ring (bicyclic) bond motifs is 1. The third-order valence-corrected chi connectivity index (χ3v) is 5.49. The number of aromatic nitrogens is 2. The monoisotopic (exact) mass is 404 g/mol. The van der Waals surface area contributed by atoms with Gasteiger partial charge >= 0.3 is 0 Å². The Morgan fingerprint density at radius 2 is 1.61 bits per heavy atom. The van der Waals surface area contributed by atoms with E-state index in [4.69, 9.17) is 0 Å². The molecule has 3 rings (SSSR count). The molecular formula is C29H28N2. The molecule has 31 heavy (non-hydrogen) atoms. The van der Waals surface area contributed by atoms with Gasteiger partial charge in [0.15, 0.2) is 0 Å². The van der Waals surface area contributed by atoms with Crippen LogP contribution in [0.2, 0.25) is 0 Å². The summed E-state index contributed by atoms with van der Waals surface area (Å²) in [5.41, 5.74) is 6.83. The van der Waals surface area contributed by atoms with E-state index in [0.29, 0.717) is 0 Å². The summed E-state index contributed by atoms with van der Waals surface area (Å²) in [6.07, 6.45) is 15.1. The van der Waals surface area contributed by atoms with Gasteiger partial charge in [-0.25, -0.2) is 0 Å². The number of allylic oxidation sites excluding steroid dienone is 2. The zero-order valence-electron chi connectivity index (χ0n) is 18.2. The first kappa shape index (κ1) is 21.7. The van der Waals surface area contributed by atoms with Crippen LogP contribution >= 0.6 is 0 Å². The molecule has 0 atom stereocenters. The van der Waals surface area contributed by atoms with E-state index < -0.39 is 0 Å². The fraction of sp³-hybridized carbons (Fsp3) is 0.0345. The molecule has 0 N–H and O–H groups in total. The summed E-state index contributed by atoms with van der Waals surface area (Å²) >= 11 is 0. The standard InChI is InChI=1S/C29H28N2/c1-9-15-25-21(8)30(13-5)28-18-17-22(19-26(25)28)20(7)29-24(12-4)23(11-3)27(16-10-2)31(29)14-6/h9-19H,1,3-8H2,2H3/b16-10-,25-15+. The summed E-state index contributed by atoms with van der Waals surface area (Å²) in [7, 11) is 0. The zero-order chi connectivity index (χ0) is 22.7. The molecule has 0 saturated carbocycles. The van der Waals surface area contributed by atoms with Crippen molar-refractivity contribution in [2.45, 2.75) is 6.92 Å². The molecule has 0 aliphatic carbocycles. The minimum atomic E-state index is 0.872. The average molecular weight is 405 g/mol. The Hall–Kier alpha value is -4.04. The van der Waals surface area contributed by atoms with Gasteiger partial charge in [0.25, 0.3) is 0 Å². The molecule has 0 amide bonds. The van der Waals surface area contributed by atoms with Gasteiger partial charge in [0.2, 0.25) is 0 Å². The van der Waals surface area contributed by atoms with Gasteiger partial charge in [-0.15, -0.1) is 0 Å². The van der Waals surface area contributed by atoms with Gasteiger partial charge < -0.3 is 9.13 Å². The van der Waals surface area contributed by atoms with Crippen LogP contribution in [-0.4, -0.2) is 9.13 Å². The molecule has 0 radical (unpaired) electrons. The highest BCUT2D eigenvalue weighted by atomic mass is 15.0. The molecule has 2 heteroatoms. The molecule has 0 aliphatic heterocycles. The lowest BCUT2D eigenvalue weighted by molar-refractivity contribution is 1.12. The average Bonchev–Trinajstić information content (AvgIpc) is 3.23. The minimum Gasteiger partial charge on any atom is -0.317 e. The lowest BCUT2D eigenvalue weighted by Crippen LogP contribution is -2.24. The lowest BCUT2D eigenvalue weighted by atomic mass is 9.98. The minimum absolute atomic E-state index is 0.872. The molecule has 2 heterocycles. The fourth-order valence-electron chi connectivity index (χ4n) is 4.12. The number of hydrogen-bond acceptors (Lipinski definition) is 0. The second-order valence-electron chi connectivity index (χ2n) is 7.05. The maximum absolute atomic E-state index is 4.45. The Bertz CT molecular complexity index is 1400. The smallest absolute Gasteiger partial charge is 0.0606 e. The van der Waals surface area contributed by atoms with Crippen LogP contribution in [0.1, 0.15) is 35.0 Å². The van der Waals surface area contributed by atoms with Gasteiger partial charge in [0, 0.05) is 39.5 Å². The normalized spacial score (nSPS) is 11.7. The van der Waals surface area contributed by atoms with Crippen molar-refractivity contribution in [3.8, 4) is 0 Å². The molecule has 0 fully saturated rings. The SMILES string of the molecule is C=C/C=c1\c(=C)n(C=C)c2ccc(C(=C)c3c(C=C)c(C=C)c(/C=C\C)n3C=C)cc12. The highest BCUT2D eigenvalue weighted by Crippen LogP contribution is 2.34. The number of benzene rings is 1. The highest BCUT2D eigenvalue weighted by molar-refractivity contribution is 5.93. The number of hydrogen-bond donors (Lipinski definition) is 0. The third kappa shape index (κ3) is 3.32. The van der Waals surface area contributed by atoms with E-state index in [1.807, 2.05) is 46.4 Å². The molecule has 0 spiro atoms. The van der Waals surface area contributed by atoms with Crippen molar-refractivity contribution in [1.29, 1.82) is 0 Å². The summed E-state index contributed by atoms with van der Waals surface area (Å²) < 4.78 is 4.03. The molecule has 154 valence electrons. The zero-order valence-corrected chi connectivity index (χ0v) is 18.2. The van der Waals surface area contributed by atoms with Crippen LogP contribution in [0.4, 0.5) is 0 Å². The Kier molecular flexibility index (Phi) is 6.12. The maximum Gasteiger partial charge on any atom is 0.0606 e.